The molecule has 1 heterocycles. The largest absolute Gasteiger partial charge is 0.475 e. The van der Waals surface area contributed by atoms with Gasteiger partial charge in [-0.05, 0) is 33.6 Å². The predicted molar refractivity (Wildman–Crippen MR) is 75.8 cm³/mol. The van der Waals surface area contributed by atoms with Gasteiger partial charge in [-0.1, -0.05) is 42.5 Å². The van der Waals surface area contributed by atoms with Gasteiger partial charge in [0.25, 0.3) is 0 Å². The number of ether oxygens (including phenoxy) is 1. The number of hydrogen-bond acceptors (Lipinski definition) is 2. The van der Waals surface area contributed by atoms with Crippen molar-refractivity contribution >= 4 is 21.8 Å². The number of hydrogen-bond donors (Lipinski definition) is 0. The molecule has 3 rings (SSSR count). The summed E-state index contributed by atoms with van der Waals surface area (Å²) in [5.41, 5.74) is 2.20. The van der Waals surface area contributed by atoms with E-state index in [0.717, 1.165) is 15.9 Å². The van der Waals surface area contributed by atoms with Crippen LogP contribution in [0.3, 0.4) is 0 Å². The molecule has 1 atom stereocenters. The lowest BCUT2D eigenvalue weighted by Gasteiger charge is -2.03. The molecule has 1 aliphatic heterocycles. The molecular formula is C15H12BrNO. The number of halogens is 1. The van der Waals surface area contributed by atoms with E-state index in [0.29, 0.717) is 6.61 Å². The van der Waals surface area contributed by atoms with Crippen molar-refractivity contribution in [1.82, 2.24) is 0 Å². The number of benzene rings is 2. The van der Waals surface area contributed by atoms with E-state index in [1.165, 1.54) is 5.56 Å². The van der Waals surface area contributed by atoms with Crippen LogP contribution in [0.2, 0.25) is 0 Å². The SMILES string of the molecule is Brc1ccccc1C1=N[C@H](c2ccccc2)CO1. The van der Waals surface area contributed by atoms with E-state index < -0.39 is 0 Å². The Morgan fingerprint density at radius 1 is 1.00 bits per heavy atom. The number of nitrogens with zero attached hydrogens (tertiary/aromatic N) is 1. The topological polar surface area (TPSA) is 21.6 Å². The van der Waals surface area contributed by atoms with Crippen LogP contribution >= 0.6 is 15.9 Å². The number of aliphatic imine (C=N–C) groups is 1. The fraction of sp³-hybridized carbons (Fsp3) is 0.133. The average molecular weight is 302 g/mol. The van der Waals surface area contributed by atoms with E-state index >= 15 is 0 Å². The average Bonchev–Trinajstić information content (AvgIpc) is 2.90. The van der Waals surface area contributed by atoms with Crippen molar-refractivity contribution < 1.29 is 4.74 Å². The molecule has 0 fully saturated rings. The van der Waals surface area contributed by atoms with Crippen molar-refractivity contribution in [2.24, 2.45) is 4.99 Å². The standard InChI is InChI=1S/C15H12BrNO/c16-13-9-5-4-8-12(13)15-17-14(10-18-15)11-6-2-1-3-7-11/h1-9,14H,10H2/t14-/m0/s1. The Bertz CT molecular complexity index is 580. The highest BCUT2D eigenvalue weighted by Gasteiger charge is 2.22. The Labute approximate surface area is 114 Å². The van der Waals surface area contributed by atoms with Gasteiger partial charge in [0.05, 0.1) is 5.56 Å². The molecular weight excluding hydrogens is 290 g/mol. The fourth-order valence-electron chi connectivity index (χ4n) is 2.00. The molecule has 1 aliphatic rings. The zero-order valence-electron chi connectivity index (χ0n) is 9.71. The molecule has 0 unspecified atom stereocenters. The Hall–Kier alpha value is -1.61. The molecule has 0 amide bonds. The second kappa shape index (κ2) is 4.94. The molecule has 0 aromatic heterocycles. The minimum absolute atomic E-state index is 0.105. The minimum atomic E-state index is 0.105. The lowest BCUT2D eigenvalue weighted by Crippen LogP contribution is -2.01. The van der Waals surface area contributed by atoms with Crippen molar-refractivity contribution in [3.63, 3.8) is 0 Å². The molecule has 2 nitrogen and oxygen atoms in total. The molecule has 0 bridgehead atoms. The van der Waals surface area contributed by atoms with Gasteiger partial charge in [0, 0.05) is 4.47 Å². The van der Waals surface area contributed by atoms with Gasteiger partial charge in [-0.15, -0.1) is 0 Å². The van der Waals surface area contributed by atoms with Gasteiger partial charge in [0.1, 0.15) is 12.6 Å². The van der Waals surface area contributed by atoms with Crippen LogP contribution in [0.15, 0.2) is 64.1 Å². The lowest BCUT2D eigenvalue weighted by molar-refractivity contribution is 0.319. The molecule has 90 valence electrons. The van der Waals surface area contributed by atoms with E-state index in [2.05, 4.69) is 33.1 Å². The number of rotatable bonds is 2. The summed E-state index contributed by atoms with van der Waals surface area (Å²) in [5, 5.41) is 0. The molecule has 0 spiro atoms. The van der Waals surface area contributed by atoms with Crippen molar-refractivity contribution in [1.29, 1.82) is 0 Å². The quantitative estimate of drug-likeness (QED) is 0.822. The molecule has 0 aliphatic carbocycles. The maximum atomic E-state index is 5.71. The Kier molecular flexibility index (Phi) is 3.15. The van der Waals surface area contributed by atoms with E-state index in [1.807, 2.05) is 42.5 Å². The molecule has 0 saturated carbocycles. The Morgan fingerprint density at radius 3 is 2.50 bits per heavy atom. The molecule has 18 heavy (non-hydrogen) atoms. The van der Waals surface area contributed by atoms with E-state index in [1.54, 1.807) is 0 Å². The van der Waals surface area contributed by atoms with Gasteiger partial charge >= 0.3 is 0 Å². The van der Waals surface area contributed by atoms with Gasteiger partial charge in [-0.25, -0.2) is 4.99 Å². The second-order valence-corrected chi connectivity index (χ2v) is 5.01. The highest BCUT2D eigenvalue weighted by atomic mass is 79.9. The maximum Gasteiger partial charge on any atom is 0.218 e. The summed E-state index contributed by atoms with van der Waals surface area (Å²) in [5.74, 6) is 0.719. The van der Waals surface area contributed by atoms with Gasteiger partial charge in [0.15, 0.2) is 0 Å². The van der Waals surface area contributed by atoms with E-state index in [-0.39, 0.29) is 6.04 Å². The van der Waals surface area contributed by atoms with Crippen molar-refractivity contribution in [2.75, 3.05) is 6.61 Å². The monoisotopic (exact) mass is 301 g/mol. The van der Waals surface area contributed by atoms with Crippen molar-refractivity contribution in [3.8, 4) is 0 Å². The first kappa shape index (κ1) is 11.5. The molecule has 2 aromatic carbocycles. The summed E-state index contributed by atoms with van der Waals surface area (Å²) in [6, 6.07) is 18.3. The predicted octanol–water partition coefficient (Wildman–Crippen LogP) is 3.97. The third-order valence-electron chi connectivity index (χ3n) is 2.94. The third kappa shape index (κ3) is 2.18. The van der Waals surface area contributed by atoms with Crippen LogP contribution in [0.1, 0.15) is 17.2 Å². The van der Waals surface area contributed by atoms with Gasteiger partial charge in [-0.2, -0.15) is 0 Å². The Morgan fingerprint density at radius 2 is 1.72 bits per heavy atom. The van der Waals surface area contributed by atoms with Gasteiger partial charge < -0.3 is 4.74 Å². The fourth-order valence-corrected chi connectivity index (χ4v) is 2.46. The molecule has 0 N–H and O–H groups in total. The summed E-state index contributed by atoms with van der Waals surface area (Å²) >= 11 is 3.52. The summed E-state index contributed by atoms with van der Waals surface area (Å²) in [6.45, 7) is 0.612. The van der Waals surface area contributed by atoms with E-state index in [9.17, 15) is 0 Å². The Balaban J connectivity index is 1.91. The normalized spacial score (nSPS) is 18.3. The summed E-state index contributed by atoms with van der Waals surface area (Å²) in [7, 11) is 0. The van der Waals surface area contributed by atoms with Gasteiger partial charge in [-0.3, -0.25) is 0 Å². The van der Waals surface area contributed by atoms with E-state index in [4.69, 9.17) is 4.74 Å². The molecule has 0 radical (unpaired) electrons. The molecule has 2 aromatic rings. The minimum Gasteiger partial charge on any atom is -0.475 e. The van der Waals surface area contributed by atoms with Crippen LogP contribution in [0.5, 0.6) is 0 Å². The highest BCUT2D eigenvalue weighted by molar-refractivity contribution is 9.10. The smallest absolute Gasteiger partial charge is 0.218 e. The van der Waals surface area contributed by atoms with Crippen LogP contribution in [0, 0.1) is 0 Å². The van der Waals surface area contributed by atoms with Crippen LogP contribution < -0.4 is 0 Å². The van der Waals surface area contributed by atoms with Crippen molar-refractivity contribution in [2.45, 2.75) is 6.04 Å². The second-order valence-electron chi connectivity index (χ2n) is 4.15. The highest BCUT2D eigenvalue weighted by Crippen LogP contribution is 2.27. The van der Waals surface area contributed by atoms with Crippen LogP contribution in [-0.4, -0.2) is 12.5 Å². The van der Waals surface area contributed by atoms with Crippen molar-refractivity contribution in [3.05, 3.63) is 70.2 Å². The first-order valence-electron chi connectivity index (χ1n) is 5.85. The maximum absolute atomic E-state index is 5.71. The summed E-state index contributed by atoms with van der Waals surface area (Å²) in [4.78, 5) is 4.65. The molecule has 3 heteroatoms. The first-order valence-corrected chi connectivity index (χ1v) is 6.64. The lowest BCUT2D eigenvalue weighted by atomic mass is 10.1. The summed E-state index contributed by atoms with van der Waals surface area (Å²) < 4.78 is 6.72. The van der Waals surface area contributed by atoms with Gasteiger partial charge in [0.2, 0.25) is 5.90 Å². The zero-order valence-corrected chi connectivity index (χ0v) is 11.3. The van der Waals surface area contributed by atoms with Crippen LogP contribution in [0.25, 0.3) is 0 Å². The zero-order chi connectivity index (χ0) is 12.4. The van der Waals surface area contributed by atoms with Crippen LogP contribution in [0.4, 0.5) is 0 Å². The summed E-state index contributed by atoms with van der Waals surface area (Å²) in [6.07, 6.45) is 0. The van der Waals surface area contributed by atoms with Crippen LogP contribution in [-0.2, 0) is 4.74 Å². The third-order valence-corrected chi connectivity index (χ3v) is 3.63. The first-order chi connectivity index (χ1) is 8.84. The molecule has 0 saturated heterocycles.